The fraction of sp³-hybridized carbons (Fsp3) is 0. The Kier molecular flexibility index (Phi) is 4.32. The van der Waals surface area contributed by atoms with Gasteiger partial charge >= 0.3 is 11.9 Å². The van der Waals surface area contributed by atoms with Gasteiger partial charge in [-0.05, 0) is 24.3 Å². The first-order valence-corrected chi connectivity index (χ1v) is 6.58. The Hall–Kier alpha value is -3.68. The zero-order valence-electron chi connectivity index (χ0n) is 12.1. The molecule has 122 valence electrons. The lowest BCUT2D eigenvalue weighted by molar-refractivity contribution is 0.0684. The van der Waals surface area contributed by atoms with Gasteiger partial charge in [0, 0.05) is 22.3 Å². The van der Waals surface area contributed by atoms with E-state index in [4.69, 9.17) is 11.5 Å². The standard InChI is InChI=1S/C16H12N2O6/c17-13(19)7-3-1-5-9(15(21)22)11(7)12-8(14(18)20)4-2-6-10(12)16(23)24/h1-6H,(H2,17,19)(H2,18,20)(H,21,22)(H,23,24). The van der Waals surface area contributed by atoms with Crippen molar-refractivity contribution in [2.45, 2.75) is 0 Å². The molecule has 8 nitrogen and oxygen atoms in total. The van der Waals surface area contributed by atoms with Crippen molar-refractivity contribution in [3.8, 4) is 11.1 Å². The van der Waals surface area contributed by atoms with Gasteiger partial charge in [-0.3, -0.25) is 9.59 Å². The van der Waals surface area contributed by atoms with E-state index in [1.54, 1.807) is 0 Å². The lowest BCUT2D eigenvalue weighted by Gasteiger charge is -2.16. The van der Waals surface area contributed by atoms with E-state index in [1.165, 1.54) is 36.4 Å². The number of aromatic carboxylic acids is 2. The van der Waals surface area contributed by atoms with Gasteiger partial charge in [-0.25, -0.2) is 9.59 Å². The molecule has 0 bridgehead atoms. The number of carboxylic acid groups (broad SMARTS) is 2. The highest BCUT2D eigenvalue weighted by Crippen LogP contribution is 2.34. The Morgan fingerprint density at radius 2 is 0.917 bits per heavy atom. The van der Waals surface area contributed by atoms with Crippen LogP contribution in [0.3, 0.4) is 0 Å². The predicted molar refractivity (Wildman–Crippen MR) is 82.8 cm³/mol. The fourth-order valence-corrected chi connectivity index (χ4v) is 2.41. The maximum Gasteiger partial charge on any atom is 0.336 e. The molecule has 2 aromatic rings. The Labute approximate surface area is 135 Å². The van der Waals surface area contributed by atoms with Gasteiger partial charge in [0.05, 0.1) is 11.1 Å². The number of rotatable bonds is 5. The minimum atomic E-state index is -1.41. The van der Waals surface area contributed by atoms with Gasteiger partial charge in [-0.1, -0.05) is 12.1 Å². The second kappa shape index (κ2) is 6.21. The molecule has 0 unspecified atom stereocenters. The smallest absolute Gasteiger partial charge is 0.336 e. The number of amides is 2. The molecule has 2 aromatic carbocycles. The van der Waals surface area contributed by atoms with Crippen LogP contribution in [0.25, 0.3) is 11.1 Å². The van der Waals surface area contributed by atoms with Crippen molar-refractivity contribution in [2.75, 3.05) is 0 Å². The van der Waals surface area contributed by atoms with Crippen LogP contribution >= 0.6 is 0 Å². The van der Waals surface area contributed by atoms with Gasteiger partial charge in [-0.2, -0.15) is 0 Å². The fourth-order valence-electron chi connectivity index (χ4n) is 2.41. The van der Waals surface area contributed by atoms with Gasteiger partial charge in [0.15, 0.2) is 0 Å². The van der Waals surface area contributed by atoms with Crippen LogP contribution in [0.5, 0.6) is 0 Å². The van der Waals surface area contributed by atoms with E-state index in [9.17, 15) is 29.4 Å². The van der Waals surface area contributed by atoms with Crippen molar-refractivity contribution in [3.05, 3.63) is 58.7 Å². The van der Waals surface area contributed by atoms with Crippen molar-refractivity contribution < 1.29 is 29.4 Å². The largest absolute Gasteiger partial charge is 0.478 e. The van der Waals surface area contributed by atoms with Crippen molar-refractivity contribution >= 4 is 23.8 Å². The summed E-state index contributed by atoms with van der Waals surface area (Å²) in [6, 6.07) is 7.42. The summed E-state index contributed by atoms with van der Waals surface area (Å²) in [4.78, 5) is 46.4. The molecule has 0 radical (unpaired) electrons. The molecule has 2 rings (SSSR count). The third kappa shape index (κ3) is 2.80. The van der Waals surface area contributed by atoms with Crippen LogP contribution in [-0.4, -0.2) is 34.0 Å². The topological polar surface area (TPSA) is 161 Å². The summed E-state index contributed by atoms with van der Waals surface area (Å²) in [6.07, 6.45) is 0. The summed E-state index contributed by atoms with van der Waals surface area (Å²) >= 11 is 0. The maximum absolute atomic E-state index is 11.7. The molecular weight excluding hydrogens is 316 g/mol. The van der Waals surface area contributed by atoms with E-state index < -0.39 is 23.8 Å². The Morgan fingerprint density at radius 3 is 1.17 bits per heavy atom. The molecule has 0 heterocycles. The molecule has 0 aliphatic carbocycles. The minimum absolute atomic E-state index is 0.230. The molecular formula is C16H12N2O6. The Morgan fingerprint density at radius 1 is 0.625 bits per heavy atom. The summed E-state index contributed by atoms with van der Waals surface area (Å²) in [5, 5.41) is 18.8. The van der Waals surface area contributed by atoms with Gasteiger partial charge in [0.1, 0.15) is 0 Å². The quantitative estimate of drug-likeness (QED) is 0.639. The highest BCUT2D eigenvalue weighted by molar-refractivity contribution is 6.14. The summed E-state index contributed by atoms with van der Waals surface area (Å²) in [5.41, 5.74) is 8.83. The normalized spacial score (nSPS) is 10.2. The molecule has 0 atom stereocenters. The molecule has 0 aliphatic heterocycles. The van der Waals surface area contributed by atoms with Gasteiger partial charge in [0.25, 0.3) is 0 Å². The van der Waals surface area contributed by atoms with E-state index in [2.05, 4.69) is 0 Å². The second-order valence-electron chi connectivity index (χ2n) is 4.80. The van der Waals surface area contributed by atoms with Crippen molar-refractivity contribution in [1.82, 2.24) is 0 Å². The molecule has 2 amide bonds. The molecule has 0 aliphatic rings. The summed E-state index contributed by atoms with van der Waals surface area (Å²) in [6.45, 7) is 0. The molecule has 8 heteroatoms. The maximum atomic E-state index is 11.7. The lowest BCUT2D eigenvalue weighted by atomic mass is 9.87. The van der Waals surface area contributed by atoms with Crippen LogP contribution < -0.4 is 11.5 Å². The number of carbonyl (C=O) groups excluding carboxylic acids is 2. The Bertz CT molecular complexity index is 750. The van der Waals surface area contributed by atoms with Crippen LogP contribution in [0.15, 0.2) is 36.4 Å². The summed E-state index contributed by atoms with van der Waals surface area (Å²) in [7, 11) is 0. The minimum Gasteiger partial charge on any atom is -0.478 e. The molecule has 0 saturated carbocycles. The lowest BCUT2D eigenvalue weighted by Crippen LogP contribution is -2.19. The number of hydrogen-bond acceptors (Lipinski definition) is 4. The first kappa shape index (κ1) is 16.7. The zero-order chi connectivity index (χ0) is 18.0. The van der Waals surface area contributed by atoms with Gasteiger partial charge in [0.2, 0.25) is 11.8 Å². The van der Waals surface area contributed by atoms with Crippen LogP contribution in [0.4, 0.5) is 0 Å². The molecule has 0 aromatic heterocycles. The van der Waals surface area contributed by atoms with Crippen LogP contribution in [0.1, 0.15) is 41.4 Å². The highest BCUT2D eigenvalue weighted by Gasteiger charge is 2.26. The van der Waals surface area contributed by atoms with E-state index in [-0.39, 0.29) is 33.4 Å². The van der Waals surface area contributed by atoms with Crippen LogP contribution in [-0.2, 0) is 0 Å². The zero-order valence-corrected chi connectivity index (χ0v) is 12.1. The Balaban J connectivity index is 3.06. The first-order chi connectivity index (χ1) is 11.3. The SMILES string of the molecule is NC(=O)c1cccc(C(=O)O)c1-c1c(C(N)=O)cccc1C(=O)O. The average Bonchev–Trinajstić information content (AvgIpc) is 2.52. The number of carbonyl (C=O) groups is 4. The molecule has 6 N–H and O–H groups in total. The third-order valence-corrected chi connectivity index (χ3v) is 3.37. The van der Waals surface area contributed by atoms with Crippen LogP contribution in [0.2, 0.25) is 0 Å². The van der Waals surface area contributed by atoms with Crippen molar-refractivity contribution in [3.63, 3.8) is 0 Å². The average molecular weight is 328 g/mol. The third-order valence-electron chi connectivity index (χ3n) is 3.37. The number of nitrogens with two attached hydrogens (primary N) is 2. The van der Waals surface area contributed by atoms with E-state index >= 15 is 0 Å². The molecule has 24 heavy (non-hydrogen) atoms. The monoisotopic (exact) mass is 328 g/mol. The molecule has 0 saturated heterocycles. The van der Waals surface area contributed by atoms with E-state index in [1.807, 2.05) is 0 Å². The predicted octanol–water partition coefficient (Wildman–Crippen LogP) is 0.948. The first-order valence-electron chi connectivity index (χ1n) is 6.58. The highest BCUT2D eigenvalue weighted by atomic mass is 16.4. The number of carboxylic acids is 2. The molecule has 0 fully saturated rings. The van der Waals surface area contributed by atoms with E-state index in [0.29, 0.717) is 0 Å². The van der Waals surface area contributed by atoms with Gasteiger partial charge < -0.3 is 21.7 Å². The van der Waals surface area contributed by atoms with E-state index in [0.717, 1.165) is 0 Å². The number of hydrogen-bond donors (Lipinski definition) is 4. The number of benzene rings is 2. The second-order valence-corrected chi connectivity index (χ2v) is 4.80. The number of primary amides is 2. The van der Waals surface area contributed by atoms with Crippen LogP contribution in [0, 0.1) is 0 Å². The van der Waals surface area contributed by atoms with Crippen molar-refractivity contribution in [1.29, 1.82) is 0 Å². The molecule has 0 spiro atoms. The summed E-state index contributed by atoms with van der Waals surface area (Å²) in [5.74, 6) is -4.76. The van der Waals surface area contributed by atoms with Crippen molar-refractivity contribution in [2.24, 2.45) is 11.5 Å². The summed E-state index contributed by atoms with van der Waals surface area (Å²) < 4.78 is 0. The van der Waals surface area contributed by atoms with Gasteiger partial charge in [-0.15, -0.1) is 0 Å².